The first-order chi connectivity index (χ1) is 8.65. The van der Waals surface area contributed by atoms with Gasteiger partial charge in [0.2, 0.25) is 0 Å². The maximum absolute atomic E-state index is 8.70. The highest BCUT2D eigenvalue weighted by molar-refractivity contribution is 7.30. The SMILES string of the molecule is CCCCc1cccc2ccccc12.O=[P+](O)O. The molecule has 0 saturated heterocycles. The van der Waals surface area contributed by atoms with Gasteiger partial charge in [0.25, 0.3) is 0 Å². The Labute approximate surface area is 108 Å². The van der Waals surface area contributed by atoms with Crippen molar-refractivity contribution in [3.63, 3.8) is 0 Å². The number of aryl methyl sites for hydroxylation is 1. The van der Waals surface area contributed by atoms with E-state index in [9.17, 15) is 0 Å². The van der Waals surface area contributed by atoms with Crippen LogP contribution >= 0.6 is 8.25 Å². The van der Waals surface area contributed by atoms with Gasteiger partial charge >= 0.3 is 8.25 Å². The molecule has 2 aromatic carbocycles. The van der Waals surface area contributed by atoms with Crippen molar-refractivity contribution >= 4 is 19.0 Å². The Morgan fingerprint density at radius 1 is 1.06 bits per heavy atom. The molecule has 0 aromatic heterocycles. The van der Waals surface area contributed by atoms with Gasteiger partial charge in [0, 0.05) is 4.57 Å². The summed E-state index contributed by atoms with van der Waals surface area (Å²) in [6, 6.07) is 15.2. The van der Waals surface area contributed by atoms with E-state index in [2.05, 4.69) is 49.4 Å². The first-order valence-electron chi connectivity index (χ1n) is 5.96. The zero-order valence-corrected chi connectivity index (χ0v) is 11.3. The van der Waals surface area contributed by atoms with E-state index < -0.39 is 8.25 Å². The number of rotatable bonds is 3. The fourth-order valence-electron chi connectivity index (χ4n) is 1.88. The van der Waals surface area contributed by atoms with Crippen molar-refractivity contribution < 1.29 is 14.4 Å². The zero-order valence-electron chi connectivity index (χ0n) is 10.4. The first-order valence-corrected chi connectivity index (χ1v) is 7.13. The Bertz CT molecular complexity index is 502. The van der Waals surface area contributed by atoms with Crippen LogP contribution in [0.5, 0.6) is 0 Å². The molecule has 4 heteroatoms. The van der Waals surface area contributed by atoms with Gasteiger partial charge in [0.1, 0.15) is 0 Å². The molecule has 2 N–H and O–H groups in total. The van der Waals surface area contributed by atoms with Crippen LogP contribution in [0.15, 0.2) is 42.5 Å². The van der Waals surface area contributed by atoms with Crippen molar-refractivity contribution in [2.24, 2.45) is 0 Å². The molecule has 0 saturated carbocycles. The van der Waals surface area contributed by atoms with Crippen LogP contribution < -0.4 is 0 Å². The Morgan fingerprint density at radius 2 is 1.67 bits per heavy atom. The van der Waals surface area contributed by atoms with E-state index in [-0.39, 0.29) is 0 Å². The summed E-state index contributed by atoms with van der Waals surface area (Å²) in [6.07, 6.45) is 3.76. The second-order valence-corrected chi connectivity index (χ2v) is 4.50. The van der Waals surface area contributed by atoms with Crippen LogP contribution in [-0.4, -0.2) is 9.79 Å². The molecule has 18 heavy (non-hydrogen) atoms. The first kappa shape index (κ1) is 14.8. The van der Waals surface area contributed by atoms with Gasteiger partial charge in [-0.1, -0.05) is 55.8 Å². The highest BCUT2D eigenvalue weighted by Crippen LogP contribution is 2.19. The predicted octanol–water partition coefficient (Wildman–Crippen LogP) is 3.81. The Kier molecular flexibility index (Phi) is 6.51. The third kappa shape index (κ3) is 4.92. The summed E-state index contributed by atoms with van der Waals surface area (Å²) in [5.41, 5.74) is 1.49. The van der Waals surface area contributed by atoms with E-state index in [1.54, 1.807) is 0 Å². The molecule has 96 valence electrons. The van der Waals surface area contributed by atoms with Crippen molar-refractivity contribution in [1.82, 2.24) is 0 Å². The minimum Gasteiger partial charge on any atom is -0.134 e. The minimum absolute atomic E-state index is 1.21. The van der Waals surface area contributed by atoms with E-state index >= 15 is 0 Å². The fraction of sp³-hybridized carbons (Fsp3) is 0.286. The number of benzene rings is 2. The van der Waals surface area contributed by atoms with Crippen LogP contribution in [0.3, 0.4) is 0 Å². The third-order valence-corrected chi connectivity index (χ3v) is 2.68. The van der Waals surface area contributed by atoms with Gasteiger partial charge in [-0.15, -0.1) is 9.79 Å². The maximum atomic E-state index is 8.70. The van der Waals surface area contributed by atoms with Crippen molar-refractivity contribution in [3.8, 4) is 0 Å². The van der Waals surface area contributed by atoms with Crippen molar-refractivity contribution in [2.45, 2.75) is 26.2 Å². The van der Waals surface area contributed by atoms with E-state index in [4.69, 9.17) is 14.4 Å². The lowest BCUT2D eigenvalue weighted by molar-refractivity contribution is 0.405. The van der Waals surface area contributed by atoms with E-state index in [0.29, 0.717) is 0 Å². The third-order valence-electron chi connectivity index (χ3n) is 2.68. The van der Waals surface area contributed by atoms with Gasteiger partial charge in [-0.2, -0.15) is 0 Å². The molecule has 0 unspecified atom stereocenters. The monoisotopic (exact) mass is 265 g/mol. The van der Waals surface area contributed by atoms with Crippen LogP contribution in [0.4, 0.5) is 0 Å². The Hall–Kier alpha value is -1.28. The number of hydrogen-bond donors (Lipinski definition) is 2. The topological polar surface area (TPSA) is 57.5 Å². The maximum Gasteiger partial charge on any atom is 0.692 e. The molecular formula is C14H18O3P+. The molecule has 0 spiro atoms. The summed E-state index contributed by atoms with van der Waals surface area (Å²) in [7, 11) is -2.87. The zero-order chi connectivity index (χ0) is 13.4. The second kappa shape index (κ2) is 7.93. The summed E-state index contributed by atoms with van der Waals surface area (Å²) >= 11 is 0. The van der Waals surface area contributed by atoms with Gasteiger partial charge in [-0.3, -0.25) is 0 Å². The lowest BCUT2D eigenvalue weighted by atomic mass is 10.0. The highest BCUT2D eigenvalue weighted by atomic mass is 31.1. The van der Waals surface area contributed by atoms with Gasteiger partial charge < -0.3 is 0 Å². The Morgan fingerprint density at radius 3 is 2.33 bits per heavy atom. The van der Waals surface area contributed by atoms with Crippen LogP contribution in [0.1, 0.15) is 25.3 Å². The molecule has 3 nitrogen and oxygen atoms in total. The molecule has 0 amide bonds. The van der Waals surface area contributed by atoms with Gasteiger partial charge in [-0.25, -0.2) is 0 Å². The molecule has 0 fully saturated rings. The van der Waals surface area contributed by atoms with Crippen LogP contribution in [-0.2, 0) is 11.0 Å². The van der Waals surface area contributed by atoms with E-state index in [1.165, 1.54) is 35.6 Å². The largest absolute Gasteiger partial charge is 0.692 e. The van der Waals surface area contributed by atoms with Crippen molar-refractivity contribution in [1.29, 1.82) is 0 Å². The summed E-state index contributed by atoms with van der Waals surface area (Å²) in [4.78, 5) is 14.2. The lowest BCUT2D eigenvalue weighted by Gasteiger charge is -2.04. The van der Waals surface area contributed by atoms with Crippen LogP contribution in [0.2, 0.25) is 0 Å². The summed E-state index contributed by atoms with van der Waals surface area (Å²) in [6.45, 7) is 2.24. The van der Waals surface area contributed by atoms with Crippen LogP contribution in [0, 0.1) is 0 Å². The molecule has 0 atom stereocenters. The van der Waals surface area contributed by atoms with Gasteiger partial charge in [0.15, 0.2) is 0 Å². The van der Waals surface area contributed by atoms with Crippen molar-refractivity contribution in [3.05, 3.63) is 48.0 Å². The molecule has 2 rings (SSSR count). The average Bonchev–Trinajstić information content (AvgIpc) is 2.35. The molecule has 0 aliphatic carbocycles. The van der Waals surface area contributed by atoms with E-state index in [1.807, 2.05) is 0 Å². The van der Waals surface area contributed by atoms with Gasteiger partial charge in [0.05, 0.1) is 0 Å². The molecule has 0 aliphatic heterocycles. The van der Waals surface area contributed by atoms with E-state index in [0.717, 1.165) is 0 Å². The smallest absolute Gasteiger partial charge is 0.134 e. The molecule has 0 heterocycles. The van der Waals surface area contributed by atoms with Crippen molar-refractivity contribution in [2.75, 3.05) is 0 Å². The quantitative estimate of drug-likeness (QED) is 0.830. The highest BCUT2D eigenvalue weighted by Gasteiger charge is 1.98. The molecule has 0 radical (unpaired) electrons. The summed E-state index contributed by atoms with van der Waals surface area (Å²) in [5.74, 6) is 0. The average molecular weight is 265 g/mol. The number of unbranched alkanes of at least 4 members (excludes halogenated alkanes) is 1. The van der Waals surface area contributed by atoms with Gasteiger partial charge in [-0.05, 0) is 29.2 Å². The lowest BCUT2D eigenvalue weighted by Crippen LogP contribution is -1.86. The molecule has 0 bridgehead atoms. The van der Waals surface area contributed by atoms with Crippen LogP contribution in [0.25, 0.3) is 10.8 Å². The molecule has 0 aliphatic rings. The predicted molar refractivity (Wildman–Crippen MR) is 74.6 cm³/mol. The number of fused-ring (bicyclic) bond motifs is 1. The molecular weight excluding hydrogens is 247 g/mol. The summed E-state index contributed by atoms with van der Waals surface area (Å²) < 4.78 is 8.70. The standard InChI is InChI=1S/C14H16.HO3P/c1-2-3-7-12-9-6-10-13-8-4-5-11-14(12)13;1-4(2)3/h4-6,8-11H,2-3,7H2,1H3;(H-,1,2,3)/p+1. The minimum atomic E-state index is -2.87. The summed E-state index contributed by atoms with van der Waals surface area (Å²) in [5, 5.41) is 2.78. The normalized spacial score (nSPS) is 9.72. The number of hydrogen-bond acceptors (Lipinski definition) is 1. The fourth-order valence-corrected chi connectivity index (χ4v) is 1.88. The Balaban J connectivity index is 0.000000357. The molecule has 2 aromatic rings. The second-order valence-electron chi connectivity index (χ2n) is 3.99.